The van der Waals surface area contributed by atoms with E-state index in [1.54, 1.807) is 6.07 Å². The zero-order chi connectivity index (χ0) is 11.8. The van der Waals surface area contributed by atoms with Crippen LogP contribution in [0.2, 0.25) is 0 Å². The maximum Gasteiger partial charge on any atom is 0.125 e. The molecule has 2 aromatic rings. The standard InChI is InChI=1S/C13H14ClFN2/c14-7-13-16-11-6-10(15)4-5-12(11)17(13)8-9-2-1-3-9/h4-6,9H,1-3,7-8H2. The number of hydrogen-bond donors (Lipinski definition) is 0. The molecule has 4 heteroatoms. The number of alkyl halides is 1. The Morgan fingerprint density at radius 2 is 2.24 bits per heavy atom. The Balaban J connectivity index is 2.05. The molecule has 0 aliphatic heterocycles. The minimum atomic E-state index is -0.244. The summed E-state index contributed by atoms with van der Waals surface area (Å²) in [6.07, 6.45) is 3.88. The average Bonchev–Trinajstić information content (AvgIpc) is 2.60. The van der Waals surface area contributed by atoms with Crippen molar-refractivity contribution in [1.82, 2.24) is 9.55 Å². The molecular weight excluding hydrogens is 239 g/mol. The molecule has 0 saturated heterocycles. The Morgan fingerprint density at radius 1 is 1.41 bits per heavy atom. The van der Waals surface area contributed by atoms with E-state index in [9.17, 15) is 4.39 Å². The fraction of sp³-hybridized carbons (Fsp3) is 0.462. The van der Waals surface area contributed by atoms with Crippen LogP contribution in [0.4, 0.5) is 4.39 Å². The first-order valence-electron chi connectivity index (χ1n) is 5.98. The van der Waals surface area contributed by atoms with Crippen molar-refractivity contribution in [2.45, 2.75) is 31.7 Å². The van der Waals surface area contributed by atoms with Crippen LogP contribution in [0.25, 0.3) is 11.0 Å². The third kappa shape index (κ3) is 1.93. The van der Waals surface area contributed by atoms with E-state index < -0.39 is 0 Å². The lowest BCUT2D eigenvalue weighted by atomic mass is 9.85. The Morgan fingerprint density at radius 3 is 2.88 bits per heavy atom. The normalized spacial score (nSPS) is 16.4. The van der Waals surface area contributed by atoms with Gasteiger partial charge in [-0.2, -0.15) is 0 Å². The molecule has 0 unspecified atom stereocenters. The Labute approximate surface area is 104 Å². The summed E-state index contributed by atoms with van der Waals surface area (Å²) in [4.78, 5) is 4.39. The molecule has 17 heavy (non-hydrogen) atoms. The van der Waals surface area contributed by atoms with E-state index in [1.807, 2.05) is 0 Å². The molecule has 0 bridgehead atoms. The van der Waals surface area contributed by atoms with Crippen molar-refractivity contribution in [3.05, 3.63) is 29.8 Å². The van der Waals surface area contributed by atoms with Crippen LogP contribution in [-0.4, -0.2) is 9.55 Å². The van der Waals surface area contributed by atoms with E-state index in [0.717, 1.165) is 23.8 Å². The summed E-state index contributed by atoms with van der Waals surface area (Å²) in [7, 11) is 0. The summed E-state index contributed by atoms with van der Waals surface area (Å²) in [6.45, 7) is 0.962. The number of nitrogens with zero attached hydrogens (tertiary/aromatic N) is 2. The highest BCUT2D eigenvalue weighted by atomic mass is 35.5. The van der Waals surface area contributed by atoms with Gasteiger partial charge in [0.15, 0.2) is 0 Å². The third-order valence-electron chi connectivity index (χ3n) is 3.57. The van der Waals surface area contributed by atoms with E-state index in [2.05, 4.69) is 9.55 Å². The number of fused-ring (bicyclic) bond motifs is 1. The number of benzene rings is 1. The molecule has 1 aromatic heterocycles. The molecule has 1 heterocycles. The molecule has 1 aliphatic carbocycles. The number of hydrogen-bond acceptors (Lipinski definition) is 1. The molecule has 1 aliphatic rings. The minimum Gasteiger partial charge on any atom is -0.327 e. The molecule has 1 aromatic carbocycles. The van der Waals surface area contributed by atoms with Gasteiger partial charge in [-0.3, -0.25) is 0 Å². The quantitative estimate of drug-likeness (QED) is 0.762. The fourth-order valence-corrected chi connectivity index (χ4v) is 2.60. The minimum absolute atomic E-state index is 0.244. The molecule has 0 atom stereocenters. The van der Waals surface area contributed by atoms with Crippen molar-refractivity contribution < 1.29 is 4.39 Å². The van der Waals surface area contributed by atoms with Gasteiger partial charge in [0.05, 0.1) is 16.9 Å². The van der Waals surface area contributed by atoms with Gasteiger partial charge in [-0.1, -0.05) is 6.42 Å². The van der Waals surface area contributed by atoms with Gasteiger partial charge in [-0.15, -0.1) is 11.6 Å². The molecule has 0 radical (unpaired) electrons. The second-order valence-electron chi connectivity index (χ2n) is 4.70. The zero-order valence-electron chi connectivity index (χ0n) is 9.50. The van der Waals surface area contributed by atoms with Gasteiger partial charge < -0.3 is 4.57 Å². The molecule has 0 spiro atoms. The van der Waals surface area contributed by atoms with Crippen molar-refractivity contribution in [3.8, 4) is 0 Å². The van der Waals surface area contributed by atoms with Gasteiger partial charge in [0.2, 0.25) is 0 Å². The summed E-state index contributed by atoms with van der Waals surface area (Å²) >= 11 is 5.91. The largest absolute Gasteiger partial charge is 0.327 e. The molecule has 0 N–H and O–H groups in total. The summed E-state index contributed by atoms with van der Waals surface area (Å²) < 4.78 is 15.3. The summed E-state index contributed by atoms with van der Waals surface area (Å²) in [5.74, 6) is 1.72. The topological polar surface area (TPSA) is 17.8 Å². The van der Waals surface area contributed by atoms with Crippen LogP contribution in [0.1, 0.15) is 25.1 Å². The second kappa shape index (κ2) is 4.30. The van der Waals surface area contributed by atoms with Gasteiger partial charge in [-0.25, -0.2) is 9.37 Å². The Hall–Kier alpha value is -1.09. The van der Waals surface area contributed by atoms with Gasteiger partial charge in [0, 0.05) is 12.6 Å². The second-order valence-corrected chi connectivity index (χ2v) is 4.97. The van der Waals surface area contributed by atoms with Crippen LogP contribution in [0, 0.1) is 11.7 Å². The maximum atomic E-state index is 13.1. The summed E-state index contributed by atoms with van der Waals surface area (Å²) in [6, 6.07) is 4.76. The monoisotopic (exact) mass is 252 g/mol. The van der Waals surface area contributed by atoms with E-state index in [0.29, 0.717) is 11.4 Å². The first kappa shape index (κ1) is 11.0. The zero-order valence-corrected chi connectivity index (χ0v) is 10.3. The highest BCUT2D eigenvalue weighted by molar-refractivity contribution is 6.16. The van der Waals surface area contributed by atoms with Crippen molar-refractivity contribution in [3.63, 3.8) is 0 Å². The Bertz CT molecular complexity index is 546. The molecule has 1 fully saturated rings. The highest BCUT2D eigenvalue weighted by Gasteiger charge is 2.20. The average molecular weight is 253 g/mol. The fourth-order valence-electron chi connectivity index (χ4n) is 2.39. The van der Waals surface area contributed by atoms with Crippen LogP contribution in [0.5, 0.6) is 0 Å². The molecule has 1 saturated carbocycles. The lowest BCUT2D eigenvalue weighted by Crippen LogP contribution is -2.19. The molecular formula is C13H14ClFN2. The molecule has 3 rings (SSSR count). The van der Waals surface area contributed by atoms with Gasteiger partial charge in [-0.05, 0) is 30.9 Å². The van der Waals surface area contributed by atoms with E-state index in [1.165, 1.54) is 31.4 Å². The maximum absolute atomic E-state index is 13.1. The van der Waals surface area contributed by atoms with Crippen molar-refractivity contribution in [2.75, 3.05) is 0 Å². The van der Waals surface area contributed by atoms with Crippen LogP contribution in [-0.2, 0) is 12.4 Å². The Kier molecular flexibility index (Phi) is 2.79. The van der Waals surface area contributed by atoms with E-state index in [-0.39, 0.29) is 5.82 Å². The third-order valence-corrected chi connectivity index (χ3v) is 3.81. The SMILES string of the molecule is Fc1ccc2c(c1)nc(CCl)n2CC1CCC1. The van der Waals surface area contributed by atoms with Crippen LogP contribution in [0.15, 0.2) is 18.2 Å². The summed E-state index contributed by atoms with van der Waals surface area (Å²) in [5, 5.41) is 0. The van der Waals surface area contributed by atoms with Crippen molar-refractivity contribution in [2.24, 2.45) is 5.92 Å². The predicted octanol–water partition coefficient (Wildman–Crippen LogP) is 3.71. The van der Waals surface area contributed by atoms with Crippen LogP contribution in [0.3, 0.4) is 0 Å². The number of aromatic nitrogens is 2. The summed E-state index contributed by atoms with van der Waals surface area (Å²) in [5.41, 5.74) is 1.70. The van der Waals surface area contributed by atoms with Crippen LogP contribution < -0.4 is 0 Å². The first-order chi connectivity index (χ1) is 8.28. The van der Waals surface area contributed by atoms with Gasteiger partial charge in [0.1, 0.15) is 11.6 Å². The molecule has 2 nitrogen and oxygen atoms in total. The lowest BCUT2D eigenvalue weighted by Gasteiger charge is -2.26. The van der Waals surface area contributed by atoms with E-state index >= 15 is 0 Å². The van der Waals surface area contributed by atoms with Crippen molar-refractivity contribution >= 4 is 22.6 Å². The smallest absolute Gasteiger partial charge is 0.125 e. The predicted molar refractivity (Wildman–Crippen MR) is 66.6 cm³/mol. The number of imidazole rings is 1. The highest BCUT2D eigenvalue weighted by Crippen LogP contribution is 2.30. The number of rotatable bonds is 3. The first-order valence-corrected chi connectivity index (χ1v) is 6.52. The van der Waals surface area contributed by atoms with Crippen molar-refractivity contribution in [1.29, 1.82) is 0 Å². The lowest BCUT2D eigenvalue weighted by molar-refractivity contribution is 0.277. The van der Waals surface area contributed by atoms with Gasteiger partial charge >= 0.3 is 0 Å². The van der Waals surface area contributed by atoms with E-state index in [4.69, 9.17) is 11.6 Å². The molecule has 0 amide bonds. The van der Waals surface area contributed by atoms with Gasteiger partial charge in [0.25, 0.3) is 0 Å². The molecule has 90 valence electrons. The van der Waals surface area contributed by atoms with Crippen LogP contribution >= 0.6 is 11.6 Å². The number of halogens is 2.